The second-order valence-corrected chi connectivity index (χ2v) is 10.9. The van der Waals surface area contributed by atoms with Gasteiger partial charge in [-0.2, -0.15) is 0 Å². The van der Waals surface area contributed by atoms with Gasteiger partial charge in [-0.1, -0.05) is 135 Å². The third-order valence-electron chi connectivity index (χ3n) is 5.99. The number of benzene rings is 1. The fraction of sp³-hybridized carbons (Fsp3) is 0.733. The molecule has 1 aromatic carbocycles. The lowest BCUT2D eigenvalue weighted by Crippen LogP contribution is -2.44. The summed E-state index contributed by atoms with van der Waals surface area (Å²) in [6.07, 6.45) is 16.4. The second kappa shape index (κ2) is 19.2. The molecule has 1 N–H and O–H groups in total. The van der Waals surface area contributed by atoms with Gasteiger partial charge in [-0.25, -0.2) is 9.59 Å². The van der Waals surface area contributed by atoms with Crippen molar-refractivity contribution in [1.29, 1.82) is 0 Å². The van der Waals surface area contributed by atoms with E-state index in [1.54, 1.807) is 0 Å². The van der Waals surface area contributed by atoms with Gasteiger partial charge in [0.25, 0.3) is 0 Å². The first-order valence-electron chi connectivity index (χ1n) is 14.0. The Morgan fingerprint density at radius 2 is 1.29 bits per heavy atom. The molecule has 1 unspecified atom stereocenters. The Kier molecular flexibility index (Phi) is 17.0. The molecule has 0 fully saturated rings. The molecule has 200 valence electrons. The number of hydrogen-bond acceptors (Lipinski definition) is 4. The molecule has 0 radical (unpaired) electrons. The minimum Gasteiger partial charge on any atom is -0.464 e. The van der Waals surface area contributed by atoms with Crippen molar-refractivity contribution in [2.24, 2.45) is 5.41 Å². The molecule has 1 aromatic rings. The maximum atomic E-state index is 12.7. The monoisotopic (exact) mass is 489 g/mol. The quantitative estimate of drug-likeness (QED) is 0.158. The SMILES string of the molecule is CCCCCCCCCCCCCCCOC(=O)C(Cc1ccccc1)NC(=O)OCC(C)(C)C. The van der Waals surface area contributed by atoms with Crippen LogP contribution in [0.5, 0.6) is 0 Å². The highest BCUT2D eigenvalue weighted by Gasteiger charge is 2.24. The molecule has 0 saturated carbocycles. The van der Waals surface area contributed by atoms with Crippen LogP contribution in [0, 0.1) is 5.41 Å². The number of unbranched alkanes of at least 4 members (excludes halogenated alkanes) is 12. The Morgan fingerprint density at radius 1 is 0.771 bits per heavy atom. The molecule has 5 heteroatoms. The van der Waals surface area contributed by atoms with E-state index in [4.69, 9.17) is 9.47 Å². The van der Waals surface area contributed by atoms with Crippen molar-refractivity contribution in [3.05, 3.63) is 35.9 Å². The zero-order valence-electron chi connectivity index (χ0n) is 22.9. The summed E-state index contributed by atoms with van der Waals surface area (Å²) >= 11 is 0. The number of hydrogen-bond donors (Lipinski definition) is 1. The van der Waals surface area contributed by atoms with Crippen molar-refractivity contribution < 1.29 is 19.1 Å². The molecule has 0 bridgehead atoms. The summed E-state index contributed by atoms with van der Waals surface area (Å²) in [6.45, 7) is 8.91. The fourth-order valence-electron chi connectivity index (χ4n) is 3.90. The summed E-state index contributed by atoms with van der Waals surface area (Å²) < 4.78 is 10.8. The largest absolute Gasteiger partial charge is 0.464 e. The second-order valence-electron chi connectivity index (χ2n) is 10.9. The maximum absolute atomic E-state index is 12.7. The molecule has 0 aliphatic carbocycles. The number of rotatable bonds is 19. The number of carbonyl (C=O) groups excluding carboxylic acids is 2. The minimum atomic E-state index is -0.758. The first-order valence-corrected chi connectivity index (χ1v) is 14.0. The van der Waals surface area contributed by atoms with E-state index >= 15 is 0 Å². The average molecular weight is 490 g/mol. The van der Waals surface area contributed by atoms with Gasteiger partial charge in [0.1, 0.15) is 6.04 Å². The van der Waals surface area contributed by atoms with Crippen LogP contribution in [0.25, 0.3) is 0 Å². The van der Waals surface area contributed by atoms with E-state index in [-0.39, 0.29) is 12.0 Å². The predicted octanol–water partition coefficient (Wildman–Crippen LogP) is 8.00. The van der Waals surface area contributed by atoms with Crippen LogP contribution in [0.3, 0.4) is 0 Å². The van der Waals surface area contributed by atoms with Crippen LogP contribution in [-0.4, -0.2) is 31.3 Å². The van der Waals surface area contributed by atoms with E-state index < -0.39 is 18.1 Å². The standard InChI is InChI=1S/C30H51NO4/c1-5-6-7-8-9-10-11-12-13-14-15-16-20-23-34-28(32)27(24-26-21-18-17-19-22-26)31-29(33)35-25-30(2,3)4/h17-19,21-22,27H,5-16,20,23-25H2,1-4H3,(H,31,33). The lowest BCUT2D eigenvalue weighted by molar-refractivity contribution is -0.146. The summed E-state index contributed by atoms with van der Waals surface area (Å²) in [7, 11) is 0. The normalized spacial score (nSPS) is 12.2. The van der Waals surface area contributed by atoms with E-state index in [2.05, 4.69) is 12.2 Å². The number of carbonyl (C=O) groups is 2. The highest BCUT2D eigenvalue weighted by molar-refractivity contribution is 5.81. The molecule has 0 spiro atoms. The first-order chi connectivity index (χ1) is 16.8. The van der Waals surface area contributed by atoms with Gasteiger partial charge in [0.2, 0.25) is 0 Å². The Labute approximate surface area is 214 Å². The number of amides is 1. The van der Waals surface area contributed by atoms with Crippen molar-refractivity contribution in [1.82, 2.24) is 5.32 Å². The van der Waals surface area contributed by atoms with Crippen LogP contribution < -0.4 is 5.32 Å². The van der Waals surface area contributed by atoms with Crippen molar-refractivity contribution in [3.63, 3.8) is 0 Å². The van der Waals surface area contributed by atoms with E-state index in [9.17, 15) is 9.59 Å². The van der Waals surface area contributed by atoms with Crippen LogP contribution in [0.15, 0.2) is 30.3 Å². The summed E-state index contributed by atoms with van der Waals surface area (Å²) in [4.78, 5) is 25.0. The van der Waals surface area contributed by atoms with Crippen molar-refractivity contribution in [2.45, 2.75) is 124 Å². The van der Waals surface area contributed by atoms with Gasteiger partial charge in [-0.05, 0) is 17.4 Å². The van der Waals surface area contributed by atoms with Gasteiger partial charge in [0, 0.05) is 6.42 Å². The van der Waals surface area contributed by atoms with Crippen LogP contribution in [0.1, 0.15) is 117 Å². The van der Waals surface area contributed by atoms with E-state index in [0.717, 1.165) is 18.4 Å². The van der Waals surface area contributed by atoms with Crippen molar-refractivity contribution >= 4 is 12.1 Å². The number of nitrogens with one attached hydrogen (secondary N) is 1. The average Bonchev–Trinajstić information content (AvgIpc) is 2.82. The smallest absolute Gasteiger partial charge is 0.407 e. The number of esters is 1. The molecule has 5 nitrogen and oxygen atoms in total. The van der Waals surface area contributed by atoms with Gasteiger partial charge in [-0.3, -0.25) is 0 Å². The predicted molar refractivity (Wildman–Crippen MR) is 145 cm³/mol. The van der Waals surface area contributed by atoms with E-state index in [0.29, 0.717) is 13.0 Å². The summed E-state index contributed by atoms with van der Waals surface area (Å²) in [5.74, 6) is -0.402. The van der Waals surface area contributed by atoms with E-state index in [1.165, 1.54) is 70.6 Å². The van der Waals surface area contributed by atoms with Crippen LogP contribution in [0.2, 0.25) is 0 Å². The Balaban J connectivity index is 2.23. The molecular formula is C30H51NO4. The minimum absolute atomic E-state index is 0.138. The highest BCUT2D eigenvalue weighted by Crippen LogP contribution is 2.14. The van der Waals surface area contributed by atoms with Crippen LogP contribution >= 0.6 is 0 Å². The number of alkyl carbamates (subject to hydrolysis) is 1. The summed E-state index contributed by atoms with van der Waals surface area (Å²) in [5, 5.41) is 2.70. The van der Waals surface area contributed by atoms with Gasteiger partial charge in [-0.15, -0.1) is 0 Å². The summed E-state index contributed by atoms with van der Waals surface area (Å²) in [6, 6.07) is 8.89. The molecule has 0 aliphatic rings. The van der Waals surface area contributed by atoms with Gasteiger partial charge < -0.3 is 14.8 Å². The molecule has 35 heavy (non-hydrogen) atoms. The number of ether oxygens (including phenoxy) is 2. The maximum Gasteiger partial charge on any atom is 0.407 e. The lowest BCUT2D eigenvalue weighted by Gasteiger charge is -2.21. The molecule has 0 aromatic heterocycles. The molecule has 1 rings (SSSR count). The third kappa shape index (κ3) is 18.0. The van der Waals surface area contributed by atoms with E-state index in [1.807, 2.05) is 51.1 Å². The molecule has 0 heterocycles. The van der Waals surface area contributed by atoms with Gasteiger partial charge in [0.05, 0.1) is 13.2 Å². The lowest BCUT2D eigenvalue weighted by atomic mass is 9.99. The van der Waals surface area contributed by atoms with Gasteiger partial charge >= 0.3 is 12.1 Å². The Bertz CT molecular complexity index is 669. The molecule has 0 aliphatic heterocycles. The van der Waals surface area contributed by atoms with Crippen molar-refractivity contribution in [3.8, 4) is 0 Å². The van der Waals surface area contributed by atoms with Crippen molar-refractivity contribution in [2.75, 3.05) is 13.2 Å². The molecule has 1 amide bonds. The van der Waals surface area contributed by atoms with Crippen LogP contribution in [0.4, 0.5) is 4.79 Å². The first kappa shape index (κ1) is 31.0. The molecular weight excluding hydrogens is 438 g/mol. The Morgan fingerprint density at radius 3 is 1.80 bits per heavy atom. The third-order valence-corrected chi connectivity index (χ3v) is 5.99. The molecule has 0 saturated heterocycles. The van der Waals surface area contributed by atoms with Gasteiger partial charge in [0.15, 0.2) is 0 Å². The summed E-state index contributed by atoms with van der Waals surface area (Å²) in [5.41, 5.74) is 0.827. The zero-order chi connectivity index (χ0) is 25.8. The zero-order valence-corrected chi connectivity index (χ0v) is 22.9. The van der Waals surface area contributed by atoms with Crippen LogP contribution in [-0.2, 0) is 20.7 Å². The topological polar surface area (TPSA) is 64.6 Å². The fourth-order valence-corrected chi connectivity index (χ4v) is 3.90. The Hall–Kier alpha value is -2.04. The molecule has 1 atom stereocenters. The highest BCUT2D eigenvalue weighted by atomic mass is 16.6.